The molecule has 1 aromatic heterocycles. The van der Waals surface area contributed by atoms with Crippen molar-refractivity contribution in [2.75, 3.05) is 18.0 Å². The second kappa shape index (κ2) is 2.09. The van der Waals surface area contributed by atoms with Gasteiger partial charge in [0, 0.05) is 6.54 Å². The molecule has 52 valence electrons. The van der Waals surface area contributed by atoms with Crippen LogP contribution in [0.4, 0.5) is 5.82 Å². The Morgan fingerprint density at radius 1 is 1.60 bits per heavy atom. The van der Waals surface area contributed by atoms with Crippen LogP contribution < -0.4 is 4.90 Å². The molecule has 1 aliphatic heterocycles. The molecule has 0 radical (unpaired) electrons. The van der Waals surface area contributed by atoms with Crippen molar-refractivity contribution in [3.05, 3.63) is 6.20 Å². The highest BCUT2D eigenvalue weighted by atomic mass is 15.4. The van der Waals surface area contributed by atoms with Gasteiger partial charge in [0.2, 0.25) is 0 Å². The molecule has 0 fully saturated rings. The predicted molar refractivity (Wildman–Crippen MR) is 37.1 cm³/mol. The van der Waals surface area contributed by atoms with Crippen molar-refractivity contribution in [3.63, 3.8) is 0 Å². The van der Waals surface area contributed by atoms with E-state index in [4.69, 9.17) is 0 Å². The van der Waals surface area contributed by atoms with Gasteiger partial charge in [-0.05, 0) is 0 Å². The van der Waals surface area contributed by atoms with Gasteiger partial charge >= 0.3 is 0 Å². The molecular formula is C5H7N5. The van der Waals surface area contributed by atoms with Gasteiger partial charge in [0.25, 0.3) is 0 Å². The molecule has 0 saturated carbocycles. The lowest BCUT2D eigenvalue weighted by Gasteiger charge is -2.06. The summed E-state index contributed by atoms with van der Waals surface area (Å²) >= 11 is 0. The van der Waals surface area contributed by atoms with Crippen LogP contribution in [0.15, 0.2) is 11.2 Å². The van der Waals surface area contributed by atoms with E-state index in [9.17, 15) is 0 Å². The summed E-state index contributed by atoms with van der Waals surface area (Å²) in [5, 5.41) is 10.1. The number of H-pyrrole nitrogens is 1. The van der Waals surface area contributed by atoms with Gasteiger partial charge < -0.3 is 4.90 Å². The summed E-state index contributed by atoms with van der Waals surface area (Å²) in [6, 6.07) is 0. The number of hydrogen-bond acceptors (Lipinski definition) is 4. The second-order valence-electron chi connectivity index (χ2n) is 2.04. The van der Waals surface area contributed by atoms with E-state index in [1.54, 1.807) is 12.5 Å². The fourth-order valence-corrected chi connectivity index (χ4v) is 0.887. The average Bonchev–Trinajstić information content (AvgIpc) is 2.59. The van der Waals surface area contributed by atoms with Crippen LogP contribution in [0.1, 0.15) is 0 Å². The van der Waals surface area contributed by atoms with Crippen LogP contribution in [0.2, 0.25) is 0 Å². The summed E-state index contributed by atoms with van der Waals surface area (Å²) in [6.07, 6.45) is 3.45. The normalized spacial score (nSPS) is 16.6. The summed E-state index contributed by atoms with van der Waals surface area (Å²) < 4.78 is 0. The number of nitrogens with one attached hydrogen (secondary N) is 1. The molecule has 2 rings (SSSR count). The van der Waals surface area contributed by atoms with Crippen molar-refractivity contribution in [3.8, 4) is 0 Å². The number of rotatable bonds is 1. The lowest BCUT2D eigenvalue weighted by Crippen LogP contribution is -2.18. The van der Waals surface area contributed by atoms with E-state index in [1.165, 1.54) is 0 Å². The number of aromatic nitrogens is 3. The topological polar surface area (TPSA) is 57.2 Å². The first kappa shape index (κ1) is 5.40. The summed E-state index contributed by atoms with van der Waals surface area (Å²) in [6.45, 7) is 1.76. The third kappa shape index (κ3) is 0.754. The molecule has 1 aromatic rings. The van der Waals surface area contributed by atoms with E-state index in [2.05, 4.69) is 20.4 Å². The van der Waals surface area contributed by atoms with Crippen LogP contribution in [0.3, 0.4) is 0 Å². The first-order valence-corrected chi connectivity index (χ1v) is 3.09. The van der Waals surface area contributed by atoms with Crippen LogP contribution in [-0.4, -0.2) is 34.8 Å². The number of hydrogen-bond donors (Lipinski definition) is 1. The van der Waals surface area contributed by atoms with E-state index in [-0.39, 0.29) is 0 Å². The Labute approximate surface area is 57.8 Å². The smallest absolute Gasteiger partial charge is 0.176 e. The lowest BCUT2D eigenvalue weighted by molar-refractivity contribution is 0.925. The molecule has 10 heavy (non-hydrogen) atoms. The van der Waals surface area contributed by atoms with Gasteiger partial charge in [-0.2, -0.15) is 10.3 Å². The molecule has 0 spiro atoms. The molecule has 0 aliphatic carbocycles. The van der Waals surface area contributed by atoms with Crippen LogP contribution in [0.5, 0.6) is 0 Å². The van der Waals surface area contributed by atoms with Gasteiger partial charge in [0.15, 0.2) is 5.82 Å². The Balaban J connectivity index is 2.20. The molecule has 0 bridgehead atoms. The Bertz CT molecular complexity index is 226. The predicted octanol–water partition coefficient (Wildman–Crippen LogP) is -0.347. The third-order valence-electron chi connectivity index (χ3n) is 1.39. The van der Waals surface area contributed by atoms with Crippen LogP contribution in [0.25, 0.3) is 0 Å². The summed E-state index contributed by atoms with van der Waals surface area (Å²) in [5.41, 5.74) is 0. The zero-order valence-electron chi connectivity index (χ0n) is 5.36. The van der Waals surface area contributed by atoms with Gasteiger partial charge in [-0.25, -0.2) is 0 Å². The van der Waals surface area contributed by atoms with E-state index in [1.807, 2.05) is 4.90 Å². The maximum absolute atomic E-state index is 4.04. The van der Waals surface area contributed by atoms with Gasteiger partial charge in [-0.15, -0.1) is 5.10 Å². The summed E-state index contributed by atoms with van der Waals surface area (Å²) in [5.74, 6) is 0.834. The summed E-state index contributed by atoms with van der Waals surface area (Å²) in [7, 11) is 0. The molecular weight excluding hydrogens is 130 g/mol. The minimum Gasteiger partial charge on any atom is -0.313 e. The third-order valence-corrected chi connectivity index (χ3v) is 1.39. The molecule has 0 saturated heterocycles. The van der Waals surface area contributed by atoms with Gasteiger partial charge in [-0.1, -0.05) is 0 Å². The van der Waals surface area contributed by atoms with E-state index < -0.39 is 0 Å². The van der Waals surface area contributed by atoms with E-state index in [0.717, 1.165) is 18.9 Å². The quantitative estimate of drug-likeness (QED) is 0.575. The van der Waals surface area contributed by atoms with Crippen molar-refractivity contribution in [1.82, 2.24) is 15.4 Å². The van der Waals surface area contributed by atoms with Crippen molar-refractivity contribution < 1.29 is 0 Å². The highest BCUT2D eigenvalue weighted by Crippen LogP contribution is 2.06. The Hall–Kier alpha value is -1.39. The first-order chi connectivity index (χ1) is 4.97. The zero-order valence-corrected chi connectivity index (χ0v) is 5.36. The largest absolute Gasteiger partial charge is 0.313 e. The number of aromatic amines is 1. The highest BCUT2D eigenvalue weighted by Gasteiger charge is 2.08. The van der Waals surface area contributed by atoms with Gasteiger partial charge in [-0.3, -0.25) is 4.99 Å². The fourth-order valence-electron chi connectivity index (χ4n) is 0.887. The molecule has 0 unspecified atom stereocenters. The zero-order chi connectivity index (χ0) is 6.81. The molecule has 0 atom stereocenters. The minimum absolute atomic E-state index is 0.834. The second-order valence-corrected chi connectivity index (χ2v) is 2.04. The Morgan fingerprint density at radius 3 is 3.20 bits per heavy atom. The number of nitrogens with zero attached hydrogens (tertiary/aromatic N) is 4. The van der Waals surface area contributed by atoms with Crippen LogP contribution in [-0.2, 0) is 0 Å². The molecule has 5 heteroatoms. The average molecular weight is 137 g/mol. The SMILES string of the molecule is C1=NCCN1c1cn[nH]n1. The fraction of sp³-hybridized carbons (Fsp3) is 0.400. The van der Waals surface area contributed by atoms with Crippen LogP contribution in [0, 0.1) is 0 Å². The van der Waals surface area contributed by atoms with Crippen molar-refractivity contribution in [1.29, 1.82) is 0 Å². The lowest BCUT2D eigenvalue weighted by atomic mass is 10.6. The monoisotopic (exact) mass is 137 g/mol. The minimum atomic E-state index is 0.834. The molecule has 1 N–H and O–H groups in total. The standard InChI is InChI=1S/C5H7N5/c1-2-10(4-6-1)5-3-7-9-8-5/h3-4H,1-2H2,(H,7,8,9). The molecule has 2 heterocycles. The maximum atomic E-state index is 4.04. The van der Waals surface area contributed by atoms with E-state index in [0.29, 0.717) is 0 Å². The van der Waals surface area contributed by atoms with Crippen molar-refractivity contribution >= 4 is 12.2 Å². The Morgan fingerprint density at radius 2 is 2.60 bits per heavy atom. The summed E-state index contributed by atoms with van der Waals surface area (Å²) in [4.78, 5) is 5.99. The first-order valence-electron chi connectivity index (χ1n) is 3.09. The number of anilines is 1. The van der Waals surface area contributed by atoms with E-state index >= 15 is 0 Å². The van der Waals surface area contributed by atoms with Crippen molar-refractivity contribution in [2.45, 2.75) is 0 Å². The van der Waals surface area contributed by atoms with Crippen LogP contribution >= 0.6 is 0 Å². The van der Waals surface area contributed by atoms with Gasteiger partial charge in [0.05, 0.1) is 19.1 Å². The molecule has 0 amide bonds. The maximum Gasteiger partial charge on any atom is 0.176 e. The highest BCUT2D eigenvalue weighted by molar-refractivity contribution is 5.78. The Kier molecular flexibility index (Phi) is 1.13. The van der Waals surface area contributed by atoms with Gasteiger partial charge in [0.1, 0.15) is 0 Å². The molecule has 5 nitrogen and oxygen atoms in total. The molecule has 0 aromatic carbocycles. The number of aliphatic imine (C=N–C) groups is 1. The van der Waals surface area contributed by atoms with Crippen molar-refractivity contribution in [2.24, 2.45) is 4.99 Å². The molecule has 1 aliphatic rings.